The van der Waals surface area contributed by atoms with Gasteiger partial charge in [-0.05, 0) is 43.9 Å². The van der Waals surface area contributed by atoms with Crippen molar-refractivity contribution in [3.05, 3.63) is 23.8 Å². The first kappa shape index (κ1) is 24.5. The second kappa shape index (κ2) is 10.7. The van der Waals surface area contributed by atoms with Crippen LogP contribution < -0.4 is 10.8 Å². The maximum absolute atomic E-state index is 13.3. The van der Waals surface area contributed by atoms with Crippen molar-refractivity contribution < 1.29 is 23.2 Å². The molecule has 0 spiro atoms. The Bertz CT molecular complexity index is 1070. The third-order valence-corrected chi connectivity index (χ3v) is 8.29. The van der Waals surface area contributed by atoms with Gasteiger partial charge in [-0.1, -0.05) is 37.2 Å². The molecule has 10 nitrogen and oxygen atoms in total. The van der Waals surface area contributed by atoms with Gasteiger partial charge in [-0.3, -0.25) is 14.8 Å². The largest absolute Gasteiger partial charge is 0.301 e. The van der Waals surface area contributed by atoms with Crippen molar-refractivity contribution in [2.24, 2.45) is 0 Å². The average Bonchev–Trinajstić information content (AvgIpc) is 3.39. The van der Waals surface area contributed by atoms with E-state index in [1.54, 1.807) is 0 Å². The summed E-state index contributed by atoms with van der Waals surface area (Å²) in [6.45, 7) is 3.77. The molecule has 3 N–H and O–H groups in total. The van der Waals surface area contributed by atoms with E-state index >= 15 is 0 Å². The number of aromatic nitrogens is 1. The SMILES string of the molecule is CCCCCN(CC(=O)NO)S(=O)(=O)N1CCCC1C(=O)Nc1nc2ccc(C)cc2s1. The third-order valence-electron chi connectivity index (χ3n) is 5.36. The minimum Gasteiger partial charge on any atom is -0.301 e. The van der Waals surface area contributed by atoms with Crippen molar-refractivity contribution in [3.63, 3.8) is 0 Å². The van der Waals surface area contributed by atoms with Gasteiger partial charge in [-0.25, -0.2) is 10.5 Å². The topological polar surface area (TPSA) is 132 Å². The second-order valence-electron chi connectivity index (χ2n) is 7.83. The molecule has 12 heteroatoms. The average molecular weight is 484 g/mol. The van der Waals surface area contributed by atoms with Crippen LogP contribution in [0.2, 0.25) is 0 Å². The number of benzene rings is 1. The highest BCUT2D eigenvalue weighted by Gasteiger charge is 2.42. The standard InChI is InChI=1S/C20H29N5O5S2/c1-3-4-5-10-24(13-18(26)23-28)32(29,30)25-11-6-7-16(25)19(27)22-20-21-15-9-8-14(2)12-17(15)31-20/h8-9,12,16,28H,3-7,10-11,13H2,1-2H3,(H,23,26)(H,21,22,27). The number of aryl methyl sites for hydroxylation is 1. The highest BCUT2D eigenvalue weighted by Crippen LogP contribution is 2.29. The van der Waals surface area contributed by atoms with Crippen molar-refractivity contribution in [2.75, 3.05) is 25.0 Å². The van der Waals surface area contributed by atoms with E-state index in [-0.39, 0.29) is 13.1 Å². The predicted octanol–water partition coefficient (Wildman–Crippen LogP) is 2.25. The Hall–Kier alpha value is -2.12. The van der Waals surface area contributed by atoms with Crippen LogP contribution in [-0.4, -0.2) is 64.7 Å². The van der Waals surface area contributed by atoms with Gasteiger partial charge in [0.1, 0.15) is 6.04 Å². The van der Waals surface area contributed by atoms with Crippen molar-refractivity contribution >= 4 is 48.7 Å². The van der Waals surface area contributed by atoms with Gasteiger partial charge in [-0.2, -0.15) is 17.0 Å². The lowest BCUT2D eigenvalue weighted by Gasteiger charge is -2.29. The molecule has 32 heavy (non-hydrogen) atoms. The van der Waals surface area contributed by atoms with Crippen molar-refractivity contribution in [1.82, 2.24) is 19.1 Å². The lowest BCUT2D eigenvalue weighted by Crippen LogP contribution is -2.52. The van der Waals surface area contributed by atoms with Crippen molar-refractivity contribution in [2.45, 2.75) is 52.0 Å². The predicted molar refractivity (Wildman–Crippen MR) is 123 cm³/mol. The molecule has 0 aliphatic carbocycles. The number of carbonyl (C=O) groups excluding carboxylic acids is 2. The lowest BCUT2D eigenvalue weighted by atomic mass is 10.2. The number of nitrogens with one attached hydrogen (secondary N) is 2. The van der Waals surface area contributed by atoms with E-state index in [0.29, 0.717) is 24.4 Å². The summed E-state index contributed by atoms with van der Waals surface area (Å²) in [7, 11) is -4.09. The summed E-state index contributed by atoms with van der Waals surface area (Å²) in [5, 5.41) is 12.0. The molecule has 1 aliphatic heterocycles. The summed E-state index contributed by atoms with van der Waals surface area (Å²) in [4.78, 5) is 29.1. The van der Waals surface area contributed by atoms with Crippen LogP contribution in [-0.2, 0) is 19.8 Å². The molecule has 1 aliphatic rings. The van der Waals surface area contributed by atoms with Crippen LogP contribution >= 0.6 is 11.3 Å². The number of hydrogen-bond acceptors (Lipinski definition) is 7. The van der Waals surface area contributed by atoms with Gasteiger partial charge < -0.3 is 5.32 Å². The van der Waals surface area contributed by atoms with Crippen LogP contribution in [0.25, 0.3) is 10.2 Å². The van der Waals surface area contributed by atoms with Crippen LogP contribution in [0, 0.1) is 6.92 Å². The summed E-state index contributed by atoms with van der Waals surface area (Å²) < 4.78 is 29.8. The van der Waals surface area contributed by atoms with E-state index in [1.807, 2.05) is 32.0 Å². The maximum atomic E-state index is 13.3. The van der Waals surface area contributed by atoms with Crippen LogP contribution in [0.1, 0.15) is 44.6 Å². The molecule has 3 rings (SSSR count). The lowest BCUT2D eigenvalue weighted by molar-refractivity contribution is -0.129. The van der Waals surface area contributed by atoms with Gasteiger partial charge >= 0.3 is 0 Å². The molecule has 1 aromatic heterocycles. The van der Waals surface area contributed by atoms with Gasteiger partial charge in [0.05, 0.1) is 16.8 Å². The zero-order chi connectivity index (χ0) is 23.3. The fourth-order valence-electron chi connectivity index (χ4n) is 3.71. The van der Waals surface area contributed by atoms with E-state index in [9.17, 15) is 18.0 Å². The fourth-order valence-corrected chi connectivity index (χ4v) is 6.50. The van der Waals surface area contributed by atoms with Crippen LogP contribution in [0.15, 0.2) is 18.2 Å². The van der Waals surface area contributed by atoms with Gasteiger partial charge in [0.25, 0.3) is 16.1 Å². The molecule has 2 amide bonds. The molecule has 176 valence electrons. The van der Waals surface area contributed by atoms with E-state index in [2.05, 4.69) is 10.3 Å². The summed E-state index contributed by atoms with van der Waals surface area (Å²) in [5.41, 5.74) is 3.33. The minimum atomic E-state index is -4.09. The Morgan fingerprint density at radius 3 is 2.84 bits per heavy atom. The number of carbonyl (C=O) groups is 2. The Labute approximate surface area is 191 Å². The number of thiazole rings is 1. The quantitative estimate of drug-likeness (QED) is 0.270. The van der Waals surface area contributed by atoms with Crippen LogP contribution in [0.3, 0.4) is 0 Å². The second-order valence-corrected chi connectivity index (χ2v) is 10.7. The van der Waals surface area contributed by atoms with E-state index in [0.717, 1.165) is 37.2 Å². The molecular weight excluding hydrogens is 454 g/mol. The molecule has 2 aromatic rings. The third kappa shape index (κ3) is 5.62. The van der Waals surface area contributed by atoms with Crippen molar-refractivity contribution in [3.8, 4) is 0 Å². The zero-order valence-corrected chi connectivity index (χ0v) is 19.8. The van der Waals surface area contributed by atoms with Crippen molar-refractivity contribution in [1.29, 1.82) is 0 Å². The monoisotopic (exact) mass is 483 g/mol. The molecule has 1 saturated heterocycles. The first-order chi connectivity index (χ1) is 15.3. The molecule has 1 atom stereocenters. The number of unbranched alkanes of at least 4 members (excludes halogenated alkanes) is 2. The smallest absolute Gasteiger partial charge is 0.283 e. The molecule has 2 heterocycles. The highest BCUT2D eigenvalue weighted by molar-refractivity contribution is 7.86. The summed E-state index contributed by atoms with van der Waals surface area (Å²) >= 11 is 1.34. The molecular formula is C20H29N5O5S2. The summed E-state index contributed by atoms with van der Waals surface area (Å²) in [6, 6.07) is 4.91. The Morgan fingerprint density at radius 1 is 1.34 bits per heavy atom. The fraction of sp³-hybridized carbons (Fsp3) is 0.550. The van der Waals surface area contributed by atoms with Crippen LogP contribution in [0.4, 0.5) is 5.13 Å². The van der Waals surface area contributed by atoms with Gasteiger partial charge in [0, 0.05) is 13.1 Å². The Balaban J connectivity index is 1.77. The maximum Gasteiger partial charge on any atom is 0.283 e. The molecule has 1 unspecified atom stereocenters. The van der Waals surface area contributed by atoms with E-state index in [1.165, 1.54) is 16.8 Å². The normalized spacial score (nSPS) is 17.2. The number of fused-ring (bicyclic) bond motifs is 1. The number of rotatable bonds is 10. The first-order valence-electron chi connectivity index (χ1n) is 10.6. The van der Waals surface area contributed by atoms with Gasteiger partial charge in [0.15, 0.2) is 5.13 Å². The number of hydroxylamine groups is 1. The summed E-state index contributed by atoms with van der Waals surface area (Å²) in [6.07, 6.45) is 3.17. The van der Waals surface area contributed by atoms with Gasteiger partial charge in [0.2, 0.25) is 5.91 Å². The van der Waals surface area contributed by atoms with E-state index in [4.69, 9.17) is 5.21 Å². The number of hydrogen-bond donors (Lipinski definition) is 3. The molecule has 1 fully saturated rings. The highest BCUT2D eigenvalue weighted by atomic mass is 32.2. The molecule has 0 bridgehead atoms. The molecule has 1 aromatic carbocycles. The van der Waals surface area contributed by atoms with E-state index < -0.39 is 34.6 Å². The molecule has 0 radical (unpaired) electrons. The number of anilines is 1. The Kier molecular flexibility index (Phi) is 8.17. The first-order valence-corrected chi connectivity index (χ1v) is 12.9. The Morgan fingerprint density at radius 2 is 2.12 bits per heavy atom. The van der Waals surface area contributed by atoms with Gasteiger partial charge in [-0.15, -0.1) is 0 Å². The number of amides is 2. The van der Waals surface area contributed by atoms with Crippen LogP contribution in [0.5, 0.6) is 0 Å². The minimum absolute atomic E-state index is 0.131. The summed E-state index contributed by atoms with van der Waals surface area (Å²) in [5.74, 6) is -1.27. The molecule has 0 saturated carbocycles. The number of nitrogens with zero attached hydrogens (tertiary/aromatic N) is 3. The zero-order valence-electron chi connectivity index (χ0n) is 18.2.